The van der Waals surface area contributed by atoms with Gasteiger partial charge in [0, 0.05) is 13.1 Å². The molecule has 1 aromatic heterocycles. The molecule has 0 fully saturated rings. The molecule has 0 spiro atoms. The summed E-state index contributed by atoms with van der Waals surface area (Å²) in [5.41, 5.74) is 2.37. The summed E-state index contributed by atoms with van der Waals surface area (Å²) in [6.07, 6.45) is 0. The van der Waals surface area contributed by atoms with Gasteiger partial charge in [-0.3, -0.25) is 0 Å². The van der Waals surface area contributed by atoms with Gasteiger partial charge in [-0.25, -0.2) is 23.1 Å². The quantitative estimate of drug-likeness (QED) is 0.838. The number of hydrogen-bond acceptors (Lipinski definition) is 5. The number of para-hydroxylation sites is 2. The van der Waals surface area contributed by atoms with Crippen LogP contribution in [0.2, 0.25) is 0 Å². The lowest BCUT2D eigenvalue weighted by atomic mass is 10.3. The second kappa shape index (κ2) is 6.15. The number of aromatic nitrogens is 2. The largest absolute Gasteiger partial charge is 0.367 e. The monoisotopic (exact) mass is 294 g/mol. The summed E-state index contributed by atoms with van der Waals surface area (Å²) in [5, 5.41) is 3.03. The third kappa shape index (κ3) is 3.64. The Morgan fingerprint density at radius 2 is 1.80 bits per heavy atom. The van der Waals surface area contributed by atoms with Gasteiger partial charge in [-0.1, -0.05) is 19.1 Å². The van der Waals surface area contributed by atoms with Crippen molar-refractivity contribution in [3.8, 4) is 0 Å². The highest BCUT2D eigenvalue weighted by atomic mass is 32.2. The van der Waals surface area contributed by atoms with Crippen molar-refractivity contribution in [2.24, 2.45) is 0 Å². The van der Waals surface area contributed by atoms with Crippen LogP contribution in [0.1, 0.15) is 12.6 Å². The van der Waals surface area contributed by atoms with E-state index in [9.17, 15) is 8.42 Å². The minimum absolute atomic E-state index is 0.00872. The van der Waals surface area contributed by atoms with E-state index in [-0.39, 0.29) is 5.75 Å². The number of aryl methyl sites for hydroxylation is 1. The molecule has 0 saturated heterocycles. The third-order valence-corrected chi connectivity index (χ3v) is 4.24. The fourth-order valence-electron chi connectivity index (χ4n) is 1.85. The van der Waals surface area contributed by atoms with Crippen LogP contribution in [-0.4, -0.2) is 37.2 Å². The summed E-state index contributed by atoms with van der Waals surface area (Å²) in [4.78, 5) is 8.89. The lowest BCUT2D eigenvalue weighted by molar-refractivity contribution is 0.584. The minimum Gasteiger partial charge on any atom is -0.367 e. The second-order valence-corrected chi connectivity index (χ2v) is 6.32. The van der Waals surface area contributed by atoms with Crippen LogP contribution in [0.3, 0.4) is 0 Å². The molecule has 2 rings (SSSR count). The van der Waals surface area contributed by atoms with Gasteiger partial charge in [0.25, 0.3) is 0 Å². The Morgan fingerprint density at radius 3 is 2.45 bits per heavy atom. The van der Waals surface area contributed by atoms with Gasteiger partial charge >= 0.3 is 0 Å². The molecular weight excluding hydrogens is 276 g/mol. The summed E-state index contributed by atoms with van der Waals surface area (Å²) in [7, 11) is -3.22. The van der Waals surface area contributed by atoms with E-state index in [2.05, 4.69) is 20.0 Å². The van der Waals surface area contributed by atoms with E-state index in [4.69, 9.17) is 0 Å². The van der Waals surface area contributed by atoms with Crippen molar-refractivity contribution in [1.29, 1.82) is 0 Å². The van der Waals surface area contributed by atoms with Crippen molar-refractivity contribution in [1.82, 2.24) is 14.7 Å². The molecule has 0 bridgehead atoms. The van der Waals surface area contributed by atoms with Gasteiger partial charge in [-0.05, 0) is 19.1 Å². The maximum Gasteiger partial charge on any atom is 0.213 e. The number of sulfonamides is 1. The summed E-state index contributed by atoms with van der Waals surface area (Å²) in [6.45, 7) is 4.30. The first-order valence-electron chi connectivity index (χ1n) is 6.46. The average molecular weight is 294 g/mol. The van der Waals surface area contributed by atoms with Crippen molar-refractivity contribution in [2.75, 3.05) is 24.2 Å². The van der Waals surface area contributed by atoms with Crippen molar-refractivity contribution < 1.29 is 8.42 Å². The topological polar surface area (TPSA) is 84.0 Å². The number of benzene rings is 1. The van der Waals surface area contributed by atoms with E-state index in [0.717, 1.165) is 16.7 Å². The first kappa shape index (κ1) is 14.7. The summed E-state index contributed by atoms with van der Waals surface area (Å²) < 4.78 is 25.5. The van der Waals surface area contributed by atoms with Gasteiger partial charge in [-0.15, -0.1) is 0 Å². The van der Waals surface area contributed by atoms with E-state index in [0.29, 0.717) is 18.9 Å². The van der Waals surface area contributed by atoms with E-state index in [1.807, 2.05) is 31.2 Å². The Morgan fingerprint density at radius 1 is 1.15 bits per heavy atom. The van der Waals surface area contributed by atoms with Crippen molar-refractivity contribution in [3.63, 3.8) is 0 Å². The first-order chi connectivity index (χ1) is 9.52. The zero-order valence-corrected chi connectivity index (χ0v) is 12.4. The van der Waals surface area contributed by atoms with Crippen LogP contribution in [0, 0.1) is 6.92 Å². The molecule has 1 heterocycles. The Balaban J connectivity index is 2.08. The van der Waals surface area contributed by atoms with Gasteiger partial charge < -0.3 is 5.32 Å². The second-order valence-electron chi connectivity index (χ2n) is 4.39. The fourth-order valence-corrected chi connectivity index (χ4v) is 2.81. The highest BCUT2D eigenvalue weighted by Crippen LogP contribution is 2.15. The number of rotatable bonds is 6. The van der Waals surface area contributed by atoms with Gasteiger partial charge in [0.1, 0.15) is 5.82 Å². The molecule has 2 N–H and O–H groups in total. The molecule has 20 heavy (non-hydrogen) atoms. The van der Waals surface area contributed by atoms with Gasteiger partial charge in [0.05, 0.1) is 22.5 Å². The van der Waals surface area contributed by atoms with Crippen LogP contribution < -0.4 is 10.0 Å². The van der Waals surface area contributed by atoms with E-state index in [1.54, 1.807) is 6.92 Å². The zero-order valence-electron chi connectivity index (χ0n) is 11.5. The molecule has 0 unspecified atom stereocenters. The predicted octanol–water partition coefficient (Wildman–Crippen LogP) is 1.29. The highest BCUT2D eigenvalue weighted by molar-refractivity contribution is 7.89. The number of nitrogens with zero attached hydrogens (tertiary/aromatic N) is 2. The Kier molecular flexibility index (Phi) is 4.51. The summed E-state index contributed by atoms with van der Waals surface area (Å²) >= 11 is 0. The molecular formula is C13H18N4O2S. The maximum absolute atomic E-state index is 11.5. The smallest absolute Gasteiger partial charge is 0.213 e. The minimum atomic E-state index is -3.22. The number of hydrogen-bond donors (Lipinski definition) is 2. The van der Waals surface area contributed by atoms with Gasteiger partial charge in [-0.2, -0.15) is 0 Å². The normalized spacial score (nSPS) is 11.7. The standard InChI is InChI=1S/C13H18N4O2S/c1-3-15-20(18,19)9-8-14-13-10(2)16-11-6-4-5-7-12(11)17-13/h4-7,15H,3,8-9H2,1-2H3,(H,14,17). The molecule has 108 valence electrons. The molecule has 0 aliphatic rings. The summed E-state index contributed by atoms with van der Waals surface area (Å²) in [6, 6.07) is 7.58. The third-order valence-electron chi connectivity index (χ3n) is 2.77. The molecule has 6 nitrogen and oxygen atoms in total. The van der Waals surface area contributed by atoms with Crippen molar-refractivity contribution in [3.05, 3.63) is 30.0 Å². The molecule has 0 saturated carbocycles. The molecule has 7 heteroatoms. The van der Waals surface area contributed by atoms with E-state index < -0.39 is 10.0 Å². The van der Waals surface area contributed by atoms with Crippen molar-refractivity contribution >= 4 is 26.9 Å². The van der Waals surface area contributed by atoms with Gasteiger partial charge in [0.15, 0.2) is 0 Å². The van der Waals surface area contributed by atoms with Crippen LogP contribution in [-0.2, 0) is 10.0 Å². The summed E-state index contributed by atoms with van der Waals surface area (Å²) in [5.74, 6) is 0.629. The van der Waals surface area contributed by atoms with E-state index in [1.165, 1.54) is 0 Å². The predicted molar refractivity (Wildman–Crippen MR) is 80.2 cm³/mol. The van der Waals surface area contributed by atoms with E-state index >= 15 is 0 Å². The number of nitrogens with one attached hydrogen (secondary N) is 2. The van der Waals surface area contributed by atoms with Crippen LogP contribution in [0.15, 0.2) is 24.3 Å². The first-order valence-corrected chi connectivity index (χ1v) is 8.11. The molecule has 0 aliphatic carbocycles. The molecule has 0 atom stereocenters. The van der Waals surface area contributed by atoms with Gasteiger partial charge in [0.2, 0.25) is 10.0 Å². The Labute approximate surface area is 118 Å². The molecule has 0 aliphatic heterocycles. The SMILES string of the molecule is CCNS(=O)(=O)CCNc1nc2ccccc2nc1C. The zero-order chi connectivity index (χ0) is 14.6. The molecule has 0 radical (unpaired) electrons. The number of fused-ring (bicyclic) bond motifs is 1. The van der Waals surface area contributed by atoms with Crippen LogP contribution >= 0.6 is 0 Å². The van der Waals surface area contributed by atoms with Crippen LogP contribution in [0.4, 0.5) is 5.82 Å². The van der Waals surface area contributed by atoms with Crippen molar-refractivity contribution in [2.45, 2.75) is 13.8 Å². The number of anilines is 1. The molecule has 2 aromatic rings. The van der Waals surface area contributed by atoms with Crippen LogP contribution in [0.25, 0.3) is 11.0 Å². The van der Waals surface area contributed by atoms with Crippen LogP contribution in [0.5, 0.6) is 0 Å². The molecule has 0 amide bonds. The average Bonchev–Trinajstić information content (AvgIpc) is 2.39. The lowest BCUT2D eigenvalue weighted by Crippen LogP contribution is -2.29. The fraction of sp³-hybridized carbons (Fsp3) is 0.385. The maximum atomic E-state index is 11.5. The Bertz CT molecular complexity index is 701. The highest BCUT2D eigenvalue weighted by Gasteiger charge is 2.09. The Hall–Kier alpha value is -1.73. The lowest BCUT2D eigenvalue weighted by Gasteiger charge is -2.09. The molecule has 1 aromatic carbocycles.